The minimum atomic E-state index is -0.0601. The van der Waals surface area contributed by atoms with Crippen molar-refractivity contribution in [2.24, 2.45) is 5.92 Å². The van der Waals surface area contributed by atoms with Crippen LogP contribution in [0.15, 0.2) is 35.7 Å². The minimum absolute atomic E-state index is 0.0601. The van der Waals surface area contributed by atoms with Gasteiger partial charge in [0.2, 0.25) is 5.91 Å². The molecular formula is C19H25N3OS. The predicted octanol–water partition coefficient (Wildman–Crippen LogP) is 3.95. The molecule has 1 saturated heterocycles. The van der Waals surface area contributed by atoms with E-state index < -0.39 is 0 Å². The fourth-order valence-corrected chi connectivity index (χ4v) is 4.01. The fraction of sp³-hybridized carbons (Fsp3) is 0.474. The van der Waals surface area contributed by atoms with Crippen LogP contribution in [0.4, 0.5) is 5.13 Å². The van der Waals surface area contributed by atoms with Crippen LogP contribution in [0.3, 0.4) is 0 Å². The van der Waals surface area contributed by atoms with Crippen molar-refractivity contribution in [3.63, 3.8) is 0 Å². The van der Waals surface area contributed by atoms with Crippen LogP contribution >= 0.6 is 11.3 Å². The van der Waals surface area contributed by atoms with Gasteiger partial charge in [-0.3, -0.25) is 9.69 Å². The zero-order valence-electron chi connectivity index (χ0n) is 14.2. The highest BCUT2D eigenvalue weighted by molar-refractivity contribution is 7.13. The van der Waals surface area contributed by atoms with Crippen molar-refractivity contribution in [2.75, 3.05) is 18.4 Å². The molecule has 0 bridgehead atoms. The predicted molar refractivity (Wildman–Crippen MR) is 99.2 cm³/mol. The second-order valence-electron chi connectivity index (χ2n) is 6.57. The molecule has 0 unspecified atom stereocenters. The molecule has 1 aromatic heterocycles. The zero-order chi connectivity index (χ0) is 16.8. The highest BCUT2D eigenvalue weighted by Gasteiger charge is 2.19. The Balaban J connectivity index is 1.40. The van der Waals surface area contributed by atoms with E-state index in [9.17, 15) is 4.79 Å². The first-order chi connectivity index (χ1) is 11.7. The zero-order valence-corrected chi connectivity index (χ0v) is 15.0. The lowest BCUT2D eigenvalue weighted by Gasteiger charge is -2.31. The van der Waals surface area contributed by atoms with E-state index in [0.29, 0.717) is 5.13 Å². The van der Waals surface area contributed by atoms with E-state index in [4.69, 9.17) is 0 Å². The molecule has 1 N–H and O–H groups in total. The number of nitrogens with zero attached hydrogens (tertiary/aromatic N) is 2. The Kier molecular flexibility index (Phi) is 5.99. The van der Waals surface area contributed by atoms with Gasteiger partial charge in [0.1, 0.15) is 0 Å². The number of aryl methyl sites for hydroxylation is 1. The maximum absolute atomic E-state index is 11.1. The average Bonchev–Trinajstić information content (AvgIpc) is 3.01. The van der Waals surface area contributed by atoms with Crippen molar-refractivity contribution in [3.8, 4) is 0 Å². The third kappa shape index (κ3) is 5.14. The normalized spacial score (nSPS) is 16.2. The lowest BCUT2D eigenvalue weighted by atomic mass is 9.90. The first kappa shape index (κ1) is 17.1. The summed E-state index contributed by atoms with van der Waals surface area (Å²) in [6, 6.07) is 10.8. The van der Waals surface area contributed by atoms with Crippen LogP contribution in [0.1, 0.15) is 37.4 Å². The minimum Gasteiger partial charge on any atom is -0.302 e. The molecule has 2 heterocycles. The molecule has 2 aromatic rings. The lowest BCUT2D eigenvalue weighted by molar-refractivity contribution is -0.114. The number of rotatable bonds is 6. The van der Waals surface area contributed by atoms with Gasteiger partial charge < -0.3 is 5.32 Å². The molecule has 0 saturated carbocycles. The van der Waals surface area contributed by atoms with Crippen LogP contribution in [-0.2, 0) is 17.8 Å². The summed E-state index contributed by atoms with van der Waals surface area (Å²) in [7, 11) is 0. The standard InChI is InChI=1S/C19H25N3OS/c1-15(23)20-19-21-18(14-24-19)13-22-11-9-17(10-12-22)8-7-16-5-3-2-4-6-16/h2-6,14,17H,7-13H2,1H3,(H,20,21,23). The van der Waals surface area contributed by atoms with Gasteiger partial charge in [-0.2, -0.15) is 0 Å². The Labute approximate surface area is 147 Å². The first-order valence-electron chi connectivity index (χ1n) is 8.67. The molecule has 0 atom stereocenters. The number of piperidine rings is 1. The second kappa shape index (κ2) is 8.40. The fourth-order valence-electron chi connectivity index (χ4n) is 3.27. The number of aromatic nitrogens is 1. The van der Waals surface area contributed by atoms with Crippen LogP contribution in [0, 0.1) is 5.92 Å². The molecule has 0 radical (unpaired) electrons. The second-order valence-corrected chi connectivity index (χ2v) is 7.43. The summed E-state index contributed by atoms with van der Waals surface area (Å²) in [5.74, 6) is 0.780. The largest absolute Gasteiger partial charge is 0.302 e. The smallest absolute Gasteiger partial charge is 0.223 e. The van der Waals surface area contributed by atoms with Crippen LogP contribution < -0.4 is 5.32 Å². The SMILES string of the molecule is CC(=O)Nc1nc(CN2CCC(CCc3ccccc3)CC2)cs1. The van der Waals surface area contributed by atoms with Crippen molar-refractivity contribution in [1.29, 1.82) is 0 Å². The third-order valence-electron chi connectivity index (χ3n) is 4.61. The van der Waals surface area contributed by atoms with E-state index in [1.807, 2.05) is 5.38 Å². The highest BCUT2D eigenvalue weighted by atomic mass is 32.1. The number of thiazole rings is 1. The number of nitrogens with one attached hydrogen (secondary N) is 1. The van der Waals surface area contributed by atoms with E-state index in [0.717, 1.165) is 31.2 Å². The van der Waals surface area contributed by atoms with Crippen molar-refractivity contribution in [1.82, 2.24) is 9.88 Å². The van der Waals surface area contributed by atoms with Crippen LogP contribution in [0.25, 0.3) is 0 Å². The Morgan fingerprint density at radius 2 is 2.04 bits per heavy atom. The first-order valence-corrected chi connectivity index (χ1v) is 9.55. The number of benzene rings is 1. The van der Waals surface area contributed by atoms with Gasteiger partial charge in [-0.15, -0.1) is 11.3 Å². The number of hydrogen-bond donors (Lipinski definition) is 1. The van der Waals surface area contributed by atoms with Crippen molar-refractivity contribution < 1.29 is 4.79 Å². The molecule has 0 aliphatic carbocycles. The lowest BCUT2D eigenvalue weighted by Crippen LogP contribution is -2.33. The van der Waals surface area contributed by atoms with Crippen LogP contribution in [-0.4, -0.2) is 28.9 Å². The number of anilines is 1. The molecule has 3 rings (SSSR count). The highest BCUT2D eigenvalue weighted by Crippen LogP contribution is 2.24. The summed E-state index contributed by atoms with van der Waals surface area (Å²) >= 11 is 1.50. The van der Waals surface area contributed by atoms with E-state index in [-0.39, 0.29) is 5.91 Å². The molecule has 1 aromatic carbocycles. The maximum Gasteiger partial charge on any atom is 0.223 e. The van der Waals surface area contributed by atoms with E-state index in [1.54, 1.807) is 0 Å². The molecular weight excluding hydrogens is 318 g/mol. The summed E-state index contributed by atoms with van der Waals surface area (Å²) in [6.45, 7) is 4.70. The van der Waals surface area contributed by atoms with Gasteiger partial charge in [-0.25, -0.2) is 4.98 Å². The van der Waals surface area contributed by atoms with Crippen LogP contribution in [0.5, 0.6) is 0 Å². The Hall–Kier alpha value is -1.72. The molecule has 0 spiro atoms. The molecule has 4 nitrogen and oxygen atoms in total. The summed E-state index contributed by atoms with van der Waals surface area (Å²) < 4.78 is 0. The Morgan fingerprint density at radius 3 is 2.75 bits per heavy atom. The third-order valence-corrected chi connectivity index (χ3v) is 5.42. The summed E-state index contributed by atoms with van der Waals surface area (Å²) in [6.07, 6.45) is 5.03. The average molecular weight is 343 g/mol. The van der Waals surface area contributed by atoms with Gasteiger partial charge in [-0.1, -0.05) is 30.3 Å². The van der Waals surface area contributed by atoms with E-state index in [1.165, 1.54) is 49.5 Å². The van der Waals surface area contributed by atoms with Gasteiger partial charge >= 0.3 is 0 Å². The molecule has 1 fully saturated rings. The molecule has 128 valence electrons. The Morgan fingerprint density at radius 1 is 1.29 bits per heavy atom. The number of carbonyl (C=O) groups excluding carboxylic acids is 1. The molecule has 24 heavy (non-hydrogen) atoms. The quantitative estimate of drug-likeness (QED) is 0.864. The summed E-state index contributed by atoms with van der Waals surface area (Å²) in [4.78, 5) is 18.0. The number of hydrogen-bond acceptors (Lipinski definition) is 4. The van der Waals surface area contributed by atoms with Gasteiger partial charge in [0.15, 0.2) is 5.13 Å². The summed E-state index contributed by atoms with van der Waals surface area (Å²) in [5, 5.41) is 5.50. The maximum atomic E-state index is 11.1. The molecule has 1 aliphatic rings. The van der Waals surface area contributed by atoms with Crippen molar-refractivity contribution in [3.05, 3.63) is 47.0 Å². The van der Waals surface area contributed by atoms with Gasteiger partial charge in [-0.05, 0) is 50.3 Å². The monoisotopic (exact) mass is 343 g/mol. The number of carbonyl (C=O) groups is 1. The molecule has 1 aliphatic heterocycles. The van der Waals surface area contributed by atoms with Gasteiger partial charge in [0.05, 0.1) is 5.69 Å². The summed E-state index contributed by atoms with van der Waals surface area (Å²) in [5.41, 5.74) is 2.51. The van der Waals surface area contributed by atoms with E-state index in [2.05, 4.69) is 45.5 Å². The van der Waals surface area contributed by atoms with Gasteiger partial charge in [0.25, 0.3) is 0 Å². The van der Waals surface area contributed by atoms with Crippen LogP contribution in [0.2, 0.25) is 0 Å². The Bertz CT molecular complexity index is 648. The van der Waals surface area contributed by atoms with E-state index >= 15 is 0 Å². The number of amides is 1. The number of likely N-dealkylation sites (tertiary alicyclic amines) is 1. The molecule has 5 heteroatoms. The topological polar surface area (TPSA) is 45.2 Å². The molecule has 1 amide bonds. The van der Waals surface area contributed by atoms with Gasteiger partial charge in [0, 0.05) is 18.8 Å². The van der Waals surface area contributed by atoms with Crippen molar-refractivity contribution in [2.45, 2.75) is 39.2 Å². The van der Waals surface area contributed by atoms with Crippen molar-refractivity contribution >= 4 is 22.4 Å².